The molecular weight excluding hydrogens is 372 g/mol. The Labute approximate surface area is 167 Å². The van der Waals surface area contributed by atoms with Crippen LogP contribution < -0.4 is 4.72 Å². The van der Waals surface area contributed by atoms with Gasteiger partial charge >= 0.3 is 0 Å². The summed E-state index contributed by atoms with van der Waals surface area (Å²) in [7, 11) is -1.77. The van der Waals surface area contributed by atoms with Crippen LogP contribution in [0, 0.1) is 0 Å². The highest BCUT2D eigenvalue weighted by molar-refractivity contribution is 7.95. The molecule has 28 heavy (non-hydrogen) atoms. The number of amides is 1. The van der Waals surface area contributed by atoms with Gasteiger partial charge in [0, 0.05) is 24.3 Å². The summed E-state index contributed by atoms with van der Waals surface area (Å²) in [5, 5.41) is 1.14. The van der Waals surface area contributed by atoms with Crippen LogP contribution >= 0.6 is 0 Å². The molecule has 0 radical (unpaired) electrons. The summed E-state index contributed by atoms with van der Waals surface area (Å²) >= 11 is 0. The second-order valence-electron chi connectivity index (χ2n) is 7.15. The van der Waals surface area contributed by atoms with E-state index >= 15 is 0 Å². The largest absolute Gasteiger partial charge is 0.339 e. The maximum Gasteiger partial charge on any atom is 0.255 e. The van der Waals surface area contributed by atoms with Crippen molar-refractivity contribution in [3.05, 3.63) is 71.1 Å². The van der Waals surface area contributed by atoms with Crippen LogP contribution in [0.2, 0.25) is 0 Å². The Morgan fingerprint density at radius 2 is 1.64 bits per heavy atom. The minimum atomic E-state index is -3.63. The Balaban J connectivity index is 1.63. The van der Waals surface area contributed by atoms with Crippen LogP contribution in [0.5, 0.6) is 0 Å². The highest BCUT2D eigenvalue weighted by Gasteiger charge is 2.22. The fourth-order valence-corrected chi connectivity index (χ4v) is 4.32. The first-order chi connectivity index (χ1) is 13.4. The van der Waals surface area contributed by atoms with Crippen molar-refractivity contribution in [2.45, 2.75) is 38.1 Å². The smallest absolute Gasteiger partial charge is 0.255 e. The van der Waals surface area contributed by atoms with E-state index in [9.17, 15) is 13.2 Å². The minimum absolute atomic E-state index is 0.0229. The molecule has 0 aromatic heterocycles. The van der Waals surface area contributed by atoms with Crippen LogP contribution in [0.1, 0.15) is 48.0 Å². The molecule has 0 heterocycles. The van der Waals surface area contributed by atoms with Crippen molar-refractivity contribution >= 4 is 27.7 Å². The second-order valence-corrected chi connectivity index (χ2v) is 8.71. The topological polar surface area (TPSA) is 66.5 Å². The van der Waals surface area contributed by atoms with Gasteiger partial charge in [-0.3, -0.25) is 9.52 Å². The number of nitrogens with zero attached hydrogens (tertiary/aromatic N) is 1. The van der Waals surface area contributed by atoms with Gasteiger partial charge in [0.05, 0.1) is 5.41 Å². The number of nitrogens with one attached hydrogen (secondary N) is 1. The maximum absolute atomic E-state index is 12.7. The van der Waals surface area contributed by atoms with Crippen molar-refractivity contribution in [3.8, 4) is 0 Å². The van der Waals surface area contributed by atoms with Gasteiger partial charge in [-0.25, -0.2) is 8.42 Å². The van der Waals surface area contributed by atoms with Gasteiger partial charge in [0.15, 0.2) is 0 Å². The molecule has 148 valence electrons. The van der Waals surface area contributed by atoms with Crippen LogP contribution in [0.3, 0.4) is 0 Å². The summed E-state index contributed by atoms with van der Waals surface area (Å²) in [6, 6.07) is 16.1. The third-order valence-corrected chi connectivity index (χ3v) is 6.09. The van der Waals surface area contributed by atoms with E-state index in [1.807, 2.05) is 42.3 Å². The average molecular weight is 399 g/mol. The fourth-order valence-electron chi connectivity index (χ4n) is 3.45. The second kappa shape index (κ2) is 9.06. The Morgan fingerprint density at radius 1 is 1.00 bits per heavy atom. The number of anilines is 1. The van der Waals surface area contributed by atoms with Crippen molar-refractivity contribution in [1.82, 2.24) is 4.90 Å². The van der Waals surface area contributed by atoms with Crippen LogP contribution in [-0.2, 0) is 10.0 Å². The van der Waals surface area contributed by atoms with Crippen LogP contribution in [0.4, 0.5) is 5.69 Å². The summed E-state index contributed by atoms with van der Waals surface area (Å²) in [4.78, 5) is 14.5. The highest BCUT2D eigenvalue weighted by atomic mass is 32.2. The molecule has 2 aromatic rings. The summed E-state index contributed by atoms with van der Waals surface area (Å²) in [5.41, 5.74) is 1.80. The number of carbonyl (C=O) groups is 1. The normalized spacial score (nSPS) is 15.5. The Morgan fingerprint density at radius 3 is 2.29 bits per heavy atom. The van der Waals surface area contributed by atoms with E-state index in [4.69, 9.17) is 0 Å². The summed E-state index contributed by atoms with van der Waals surface area (Å²) in [6.07, 6.45) is 7.21. The average Bonchev–Trinajstić information content (AvgIpc) is 2.73. The van der Waals surface area contributed by atoms with Gasteiger partial charge in [0.25, 0.3) is 15.9 Å². The first-order valence-electron chi connectivity index (χ1n) is 9.58. The molecule has 0 bridgehead atoms. The minimum Gasteiger partial charge on any atom is -0.339 e. The van der Waals surface area contributed by atoms with Crippen molar-refractivity contribution in [2.75, 3.05) is 11.8 Å². The van der Waals surface area contributed by atoms with Gasteiger partial charge in [-0.1, -0.05) is 49.6 Å². The molecule has 0 aliphatic heterocycles. The predicted molar refractivity (Wildman–Crippen MR) is 113 cm³/mol. The van der Waals surface area contributed by atoms with E-state index in [-0.39, 0.29) is 5.91 Å². The molecule has 2 aromatic carbocycles. The molecule has 1 amide bonds. The molecule has 3 rings (SSSR count). The highest BCUT2D eigenvalue weighted by Crippen LogP contribution is 2.23. The Kier molecular flexibility index (Phi) is 6.52. The number of hydrogen-bond donors (Lipinski definition) is 1. The molecular formula is C22H26N2O3S. The molecule has 0 unspecified atom stereocenters. The Bertz CT molecular complexity index is 916. The van der Waals surface area contributed by atoms with Crippen molar-refractivity contribution in [1.29, 1.82) is 0 Å². The number of rotatable bonds is 6. The predicted octanol–water partition coefficient (Wildman–Crippen LogP) is 4.50. The zero-order valence-corrected chi connectivity index (χ0v) is 16.9. The van der Waals surface area contributed by atoms with E-state index in [0.717, 1.165) is 23.8 Å². The lowest BCUT2D eigenvalue weighted by molar-refractivity contribution is 0.0696. The maximum atomic E-state index is 12.7. The van der Waals surface area contributed by atoms with Gasteiger partial charge in [-0.2, -0.15) is 0 Å². The van der Waals surface area contributed by atoms with Gasteiger partial charge in [-0.15, -0.1) is 0 Å². The van der Waals surface area contributed by atoms with Gasteiger partial charge in [0.1, 0.15) is 0 Å². The first-order valence-corrected chi connectivity index (χ1v) is 11.1. The molecule has 6 heteroatoms. The molecule has 0 saturated heterocycles. The van der Waals surface area contributed by atoms with E-state index in [1.54, 1.807) is 30.3 Å². The SMILES string of the molecule is CN(C(=O)c1ccc(NS(=O)(=O)/C=C/c2ccccc2)cc1)C1CCCCC1. The van der Waals surface area contributed by atoms with Crippen molar-refractivity contribution in [2.24, 2.45) is 0 Å². The number of benzene rings is 2. The van der Waals surface area contributed by atoms with E-state index in [1.165, 1.54) is 19.3 Å². The van der Waals surface area contributed by atoms with Crippen molar-refractivity contribution < 1.29 is 13.2 Å². The molecule has 0 atom stereocenters. The third-order valence-electron chi connectivity index (χ3n) is 5.07. The zero-order valence-electron chi connectivity index (χ0n) is 16.0. The fraction of sp³-hybridized carbons (Fsp3) is 0.318. The molecule has 1 aliphatic rings. The van der Waals surface area contributed by atoms with Gasteiger partial charge in [0.2, 0.25) is 0 Å². The van der Waals surface area contributed by atoms with E-state index in [2.05, 4.69) is 4.72 Å². The first kappa shape index (κ1) is 20.1. The summed E-state index contributed by atoms with van der Waals surface area (Å²) in [6.45, 7) is 0. The van der Waals surface area contributed by atoms with Crippen molar-refractivity contribution in [3.63, 3.8) is 0 Å². The van der Waals surface area contributed by atoms with E-state index < -0.39 is 10.0 Å². The third kappa shape index (κ3) is 5.45. The molecule has 5 nitrogen and oxygen atoms in total. The lowest BCUT2D eigenvalue weighted by Gasteiger charge is -2.31. The Hall–Kier alpha value is -2.60. The standard InChI is InChI=1S/C22H26N2O3S/c1-24(21-10-6-3-7-11-21)22(25)19-12-14-20(15-13-19)23-28(26,27)17-16-18-8-4-2-5-9-18/h2,4-5,8-9,12-17,21,23H,3,6-7,10-11H2,1H3/b17-16+. The number of sulfonamides is 1. The molecule has 1 N–H and O–H groups in total. The van der Waals surface area contributed by atoms with Crippen LogP contribution in [-0.4, -0.2) is 32.3 Å². The van der Waals surface area contributed by atoms with Gasteiger partial charge in [-0.05, 0) is 48.7 Å². The lowest BCUT2D eigenvalue weighted by Crippen LogP contribution is -2.38. The summed E-state index contributed by atoms with van der Waals surface area (Å²) < 4.78 is 27.0. The van der Waals surface area contributed by atoms with Gasteiger partial charge < -0.3 is 4.90 Å². The summed E-state index contributed by atoms with van der Waals surface area (Å²) in [5.74, 6) is -0.0229. The monoisotopic (exact) mass is 398 g/mol. The quantitative estimate of drug-likeness (QED) is 0.779. The lowest BCUT2D eigenvalue weighted by atomic mass is 9.94. The van der Waals surface area contributed by atoms with Crippen LogP contribution in [0.25, 0.3) is 6.08 Å². The van der Waals surface area contributed by atoms with E-state index in [0.29, 0.717) is 17.3 Å². The molecule has 1 aliphatic carbocycles. The molecule has 0 spiro atoms. The molecule has 1 fully saturated rings. The zero-order chi connectivity index (χ0) is 20.0. The number of hydrogen-bond acceptors (Lipinski definition) is 3. The van der Waals surface area contributed by atoms with Crippen LogP contribution in [0.15, 0.2) is 60.0 Å². The molecule has 1 saturated carbocycles. The number of carbonyl (C=O) groups excluding carboxylic acids is 1.